The minimum Gasteiger partial charge on any atom is -0.406 e. The molecule has 0 saturated carbocycles. The Hall–Kier alpha value is -3.07. The Kier molecular flexibility index (Phi) is 7.07. The van der Waals surface area contributed by atoms with Crippen LogP contribution in [0.1, 0.15) is 23.6 Å². The summed E-state index contributed by atoms with van der Waals surface area (Å²) in [7, 11) is 0. The molecule has 0 N–H and O–H groups in total. The number of benzene rings is 3. The third kappa shape index (κ3) is 6.54. The number of fused-ring (bicyclic) bond motifs is 1. The van der Waals surface area contributed by atoms with Gasteiger partial charge in [-0.3, -0.25) is 0 Å². The first-order valence-electron chi connectivity index (χ1n) is 10.8. The van der Waals surface area contributed by atoms with Crippen LogP contribution in [0, 0.1) is 0 Å². The predicted octanol–water partition coefficient (Wildman–Crippen LogP) is 7.76. The van der Waals surface area contributed by atoms with Crippen LogP contribution in [-0.2, 0) is 6.54 Å². The molecule has 3 nitrogen and oxygen atoms in total. The number of ether oxygens (including phenoxy) is 1. The summed E-state index contributed by atoms with van der Waals surface area (Å²) in [6, 6.07) is 19.2. The molecule has 186 valence electrons. The summed E-state index contributed by atoms with van der Waals surface area (Å²) in [5, 5.41) is 0.505. The number of para-hydroxylation sites is 2. The molecule has 0 bridgehead atoms. The van der Waals surface area contributed by atoms with E-state index in [2.05, 4.69) is 4.74 Å². The average molecular weight is 515 g/mol. The second kappa shape index (κ2) is 9.89. The van der Waals surface area contributed by atoms with Crippen LogP contribution in [0.3, 0.4) is 0 Å². The number of anilines is 2. The van der Waals surface area contributed by atoms with E-state index in [0.29, 0.717) is 28.5 Å². The van der Waals surface area contributed by atoms with Gasteiger partial charge in [-0.15, -0.1) is 13.2 Å². The molecular weight excluding hydrogens is 494 g/mol. The van der Waals surface area contributed by atoms with Crippen molar-refractivity contribution in [2.45, 2.75) is 31.5 Å². The molecule has 0 saturated heterocycles. The molecule has 0 amide bonds. The zero-order chi connectivity index (χ0) is 25.2. The number of hydrogen-bond acceptors (Lipinski definition) is 3. The normalized spacial score (nSPS) is 16.3. The van der Waals surface area contributed by atoms with Crippen molar-refractivity contribution in [3.05, 3.63) is 88.9 Å². The van der Waals surface area contributed by atoms with Crippen molar-refractivity contribution in [2.24, 2.45) is 0 Å². The molecule has 0 aromatic heterocycles. The average Bonchev–Trinajstić information content (AvgIpc) is 2.77. The summed E-state index contributed by atoms with van der Waals surface area (Å²) < 4.78 is 81.5. The minimum atomic E-state index is -4.81. The number of alkyl halides is 6. The molecule has 0 radical (unpaired) electrons. The zero-order valence-corrected chi connectivity index (χ0v) is 19.0. The van der Waals surface area contributed by atoms with Crippen molar-refractivity contribution in [1.82, 2.24) is 0 Å². The molecule has 0 fully saturated rings. The second-order valence-electron chi connectivity index (χ2n) is 8.19. The van der Waals surface area contributed by atoms with E-state index in [9.17, 15) is 26.3 Å². The summed E-state index contributed by atoms with van der Waals surface area (Å²) in [5.74, 6) is -0.332. The Labute approximate surface area is 203 Å². The third-order valence-corrected chi connectivity index (χ3v) is 5.95. The summed E-state index contributed by atoms with van der Waals surface area (Å²) in [6.07, 6.45) is -10.1. The van der Waals surface area contributed by atoms with E-state index in [4.69, 9.17) is 11.6 Å². The SMILES string of the molecule is FC(F)(F)CCN1c2ccccc2N(Cc2cccc(OC(F)(F)F)c2)C[C@H]1c1ccc(Cl)cc1. The van der Waals surface area contributed by atoms with Gasteiger partial charge in [0.25, 0.3) is 0 Å². The van der Waals surface area contributed by atoms with Crippen LogP contribution in [0.4, 0.5) is 37.7 Å². The summed E-state index contributed by atoms with van der Waals surface area (Å²) in [4.78, 5) is 3.68. The van der Waals surface area contributed by atoms with Gasteiger partial charge in [-0.05, 0) is 47.5 Å². The van der Waals surface area contributed by atoms with Crippen molar-refractivity contribution >= 4 is 23.0 Å². The molecule has 1 aliphatic rings. The Balaban J connectivity index is 1.69. The molecule has 3 aromatic rings. The smallest absolute Gasteiger partial charge is 0.406 e. The standard InChI is InChI=1S/C25H21ClF6N2O/c26-19-10-8-18(9-11-19)23-16-33(15-17-4-3-5-20(14-17)35-25(30,31)32)21-6-1-2-7-22(21)34(23)13-12-24(27,28)29/h1-11,14,23H,12-13,15-16H2/t23-/m0/s1. The predicted molar refractivity (Wildman–Crippen MR) is 123 cm³/mol. The topological polar surface area (TPSA) is 15.7 Å². The van der Waals surface area contributed by atoms with Gasteiger partial charge >= 0.3 is 12.5 Å². The second-order valence-corrected chi connectivity index (χ2v) is 8.63. The van der Waals surface area contributed by atoms with Crippen LogP contribution in [0.15, 0.2) is 72.8 Å². The zero-order valence-electron chi connectivity index (χ0n) is 18.3. The fourth-order valence-corrected chi connectivity index (χ4v) is 4.38. The Morgan fingerprint density at radius 1 is 0.857 bits per heavy atom. The largest absolute Gasteiger partial charge is 0.573 e. The van der Waals surface area contributed by atoms with Crippen LogP contribution in [-0.4, -0.2) is 25.6 Å². The Morgan fingerprint density at radius 3 is 2.20 bits per heavy atom. The quantitative estimate of drug-likeness (QED) is 0.313. The molecule has 1 atom stereocenters. The van der Waals surface area contributed by atoms with Gasteiger partial charge in [0.15, 0.2) is 0 Å². The monoisotopic (exact) mass is 514 g/mol. The van der Waals surface area contributed by atoms with E-state index < -0.39 is 25.0 Å². The first-order valence-corrected chi connectivity index (χ1v) is 11.1. The highest BCUT2D eigenvalue weighted by Gasteiger charge is 2.35. The van der Waals surface area contributed by atoms with Gasteiger partial charge in [0.05, 0.1) is 23.8 Å². The van der Waals surface area contributed by atoms with Crippen molar-refractivity contribution in [2.75, 3.05) is 22.9 Å². The summed E-state index contributed by atoms with van der Waals surface area (Å²) in [5.41, 5.74) is 2.66. The van der Waals surface area contributed by atoms with Crippen LogP contribution in [0.25, 0.3) is 0 Å². The molecule has 10 heteroatoms. The number of hydrogen-bond donors (Lipinski definition) is 0. The Morgan fingerprint density at radius 2 is 1.54 bits per heavy atom. The van der Waals surface area contributed by atoms with Gasteiger partial charge in [-0.1, -0.05) is 48.0 Å². The highest BCUT2D eigenvalue weighted by Crippen LogP contribution is 2.42. The van der Waals surface area contributed by atoms with Gasteiger partial charge < -0.3 is 14.5 Å². The van der Waals surface area contributed by atoms with Gasteiger partial charge in [-0.2, -0.15) is 13.2 Å². The molecule has 35 heavy (non-hydrogen) atoms. The highest BCUT2D eigenvalue weighted by atomic mass is 35.5. The molecule has 4 rings (SSSR count). The molecule has 3 aromatic carbocycles. The number of nitrogens with zero attached hydrogens (tertiary/aromatic N) is 2. The minimum absolute atomic E-state index is 0.239. The lowest BCUT2D eigenvalue weighted by Gasteiger charge is -2.45. The molecule has 1 heterocycles. The molecule has 0 unspecified atom stereocenters. The van der Waals surface area contributed by atoms with Crippen LogP contribution < -0.4 is 14.5 Å². The molecule has 1 aliphatic heterocycles. The van der Waals surface area contributed by atoms with Gasteiger partial charge in [0.1, 0.15) is 5.75 Å². The molecular formula is C25H21ClF6N2O. The van der Waals surface area contributed by atoms with Crippen LogP contribution >= 0.6 is 11.6 Å². The highest BCUT2D eigenvalue weighted by molar-refractivity contribution is 6.30. The van der Waals surface area contributed by atoms with Crippen molar-refractivity contribution in [3.63, 3.8) is 0 Å². The lowest BCUT2D eigenvalue weighted by Crippen LogP contribution is -2.44. The molecule has 0 spiro atoms. The van der Waals surface area contributed by atoms with E-state index >= 15 is 0 Å². The number of rotatable bonds is 6. The van der Waals surface area contributed by atoms with E-state index in [0.717, 1.165) is 5.56 Å². The first kappa shape index (κ1) is 25.0. The summed E-state index contributed by atoms with van der Waals surface area (Å²) >= 11 is 6.02. The Bertz CT molecular complexity index is 1150. The van der Waals surface area contributed by atoms with E-state index in [1.165, 1.54) is 18.2 Å². The van der Waals surface area contributed by atoms with Crippen LogP contribution in [0.2, 0.25) is 5.02 Å². The van der Waals surface area contributed by atoms with Crippen molar-refractivity contribution < 1.29 is 31.1 Å². The fourth-order valence-electron chi connectivity index (χ4n) is 4.25. The fraction of sp³-hybridized carbons (Fsp3) is 0.280. The van der Waals surface area contributed by atoms with Gasteiger partial charge in [-0.25, -0.2) is 0 Å². The lowest BCUT2D eigenvalue weighted by atomic mass is 9.98. The van der Waals surface area contributed by atoms with Crippen molar-refractivity contribution in [1.29, 1.82) is 0 Å². The maximum atomic E-state index is 13.1. The summed E-state index contributed by atoms with van der Waals surface area (Å²) in [6.45, 7) is 0.320. The lowest BCUT2D eigenvalue weighted by molar-refractivity contribution is -0.274. The van der Waals surface area contributed by atoms with Crippen LogP contribution in [0.5, 0.6) is 5.75 Å². The van der Waals surface area contributed by atoms with E-state index in [1.807, 2.05) is 4.90 Å². The van der Waals surface area contributed by atoms with E-state index in [1.54, 1.807) is 59.5 Å². The first-order chi connectivity index (χ1) is 16.5. The van der Waals surface area contributed by atoms with E-state index in [-0.39, 0.29) is 18.8 Å². The maximum Gasteiger partial charge on any atom is 0.573 e. The number of halogens is 7. The van der Waals surface area contributed by atoms with Crippen molar-refractivity contribution in [3.8, 4) is 5.75 Å². The third-order valence-electron chi connectivity index (χ3n) is 5.70. The maximum absolute atomic E-state index is 13.1. The van der Waals surface area contributed by atoms with Gasteiger partial charge in [0.2, 0.25) is 0 Å². The molecule has 0 aliphatic carbocycles. The van der Waals surface area contributed by atoms with Gasteiger partial charge in [0, 0.05) is 24.7 Å².